The smallest absolute Gasteiger partial charge is 0.321 e. The Balaban J connectivity index is 1.52. The third-order valence-electron chi connectivity index (χ3n) is 4.44. The standard InChI is InChI=1S/C20H22ClN3O3/c1-27-14-15-5-7-18(8-6-15)22-20(26)24-11-9-23(10-12-24)19(25)16-3-2-4-17(21)13-16/h2-8,13H,9-12,14H2,1H3,(H,22,26). The van der Waals surface area contributed by atoms with E-state index in [1.54, 1.807) is 41.2 Å². The Bertz CT molecular complexity index is 802. The highest BCUT2D eigenvalue weighted by molar-refractivity contribution is 6.30. The Morgan fingerprint density at radius 1 is 1.04 bits per heavy atom. The third-order valence-corrected chi connectivity index (χ3v) is 4.68. The second-order valence-corrected chi connectivity index (χ2v) is 6.79. The fraction of sp³-hybridized carbons (Fsp3) is 0.300. The predicted octanol–water partition coefficient (Wildman–Crippen LogP) is 3.48. The molecular weight excluding hydrogens is 366 g/mol. The molecule has 142 valence electrons. The summed E-state index contributed by atoms with van der Waals surface area (Å²) in [6.07, 6.45) is 0. The van der Waals surface area contributed by atoms with Crippen LogP contribution in [0.15, 0.2) is 48.5 Å². The van der Waals surface area contributed by atoms with Crippen molar-refractivity contribution in [2.75, 3.05) is 38.6 Å². The van der Waals surface area contributed by atoms with E-state index in [2.05, 4.69) is 5.32 Å². The highest BCUT2D eigenvalue weighted by atomic mass is 35.5. The summed E-state index contributed by atoms with van der Waals surface area (Å²) in [6.45, 7) is 2.49. The van der Waals surface area contributed by atoms with Gasteiger partial charge in [-0.25, -0.2) is 4.79 Å². The summed E-state index contributed by atoms with van der Waals surface area (Å²) in [5, 5.41) is 3.43. The van der Waals surface area contributed by atoms with Crippen LogP contribution in [0.3, 0.4) is 0 Å². The summed E-state index contributed by atoms with van der Waals surface area (Å²) in [6, 6.07) is 14.3. The van der Waals surface area contributed by atoms with Gasteiger partial charge in [0.2, 0.25) is 0 Å². The first-order valence-electron chi connectivity index (χ1n) is 8.75. The fourth-order valence-electron chi connectivity index (χ4n) is 2.97. The lowest BCUT2D eigenvalue weighted by Crippen LogP contribution is -2.51. The number of hydrogen-bond donors (Lipinski definition) is 1. The van der Waals surface area contributed by atoms with Gasteiger partial charge in [0, 0.05) is 49.6 Å². The summed E-state index contributed by atoms with van der Waals surface area (Å²) >= 11 is 5.96. The van der Waals surface area contributed by atoms with Gasteiger partial charge < -0.3 is 19.9 Å². The average molecular weight is 388 g/mol. The number of methoxy groups -OCH3 is 1. The number of amides is 3. The summed E-state index contributed by atoms with van der Waals surface area (Å²) in [5.74, 6) is -0.0636. The second kappa shape index (κ2) is 8.88. The van der Waals surface area contributed by atoms with Gasteiger partial charge in [-0.15, -0.1) is 0 Å². The van der Waals surface area contributed by atoms with Gasteiger partial charge in [-0.1, -0.05) is 29.8 Å². The van der Waals surface area contributed by atoms with Crippen molar-refractivity contribution in [2.24, 2.45) is 0 Å². The third kappa shape index (κ3) is 4.99. The first-order chi connectivity index (χ1) is 13.1. The number of nitrogens with zero attached hydrogens (tertiary/aromatic N) is 2. The van der Waals surface area contributed by atoms with E-state index in [1.165, 1.54) is 0 Å². The fourth-order valence-corrected chi connectivity index (χ4v) is 3.16. The zero-order valence-corrected chi connectivity index (χ0v) is 15.9. The molecule has 1 fully saturated rings. The van der Waals surface area contributed by atoms with Crippen molar-refractivity contribution in [2.45, 2.75) is 6.61 Å². The number of carbonyl (C=O) groups is 2. The van der Waals surface area contributed by atoms with Crippen molar-refractivity contribution in [1.29, 1.82) is 0 Å². The molecule has 7 heteroatoms. The van der Waals surface area contributed by atoms with E-state index in [0.717, 1.165) is 11.3 Å². The molecule has 2 aromatic carbocycles. The minimum atomic E-state index is -0.163. The molecule has 1 aliphatic rings. The molecule has 3 amide bonds. The monoisotopic (exact) mass is 387 g/mol. The van der Waals surface area contributed by atoms with Crippen LogP contribution < -0.4 is 5.32 Å². The zero-order chi connectivity index (χ0) is 19.2. The van der Waals surface area contributed by atoms with Gasteiger partial charge in [0.15, 0.2) is 0 Å². The highest BCUT2D eigenvalue weighted by Crippen LogP contribution is 2.15. The van der Waals surface area contributed by atoms with Crippen molar-refractivity contribution in [1.82, 2.24) is 9.80 Å². The Labute approximate surface area is 163 Å². The maximum absolute atomic E-state index is 12.5. The number of ether oxygens (including phenoxy) is 1. The molecular formula is C20H22ClN3O3. The van der Waals surface area contributed by atoms with Crippen LogP contribution in [-0.2, 0) is 11.3 Å². The summed E-state index contributed by atoms with van der Waals surface area (Å²) in [7, 11) is 1.65. The Morgan fingerprint density at radius 2 is 1.70 bits per heavy atom. The molecule has 27 heavy (non-hydrogen) atoms. The van der Waals surface area contributed by atoms with E-state index < -0.39 is 0 Å². The number of urea groups is 1. The van der Waals surface area contributed by atoms with Crippen LogP contribution in [0.1, 0.15) is 15.9 Å². The minimum absolute atomic E-state index is 0.0636. The van der Waals surface area contributed by atoms with Crippen molar-refractivity contribution >= 4 is 29.2 Å². The van der Waals surface area contributed by atoms with Gasteiger partial charge >= 0.3 is 6.03 Å². The first kappa shape index (κ1) is 19.2. The van der Waals surface area contributed by atoms with Gasteiger partial charge in [0.1, 0.15) is 0 Å². The van der Waals surface area contributed by atoms with E-state index >= 15 is 0 Å². The molecule has 0 atom stereocenters. The molecule has 0 saturated carbocycles. The first-order valence-corrected chi connectivity index (χ1v) is 9.13. The number of halogens is 1. The lowest BCUT2D eigenvalue weighted by atomic mass is 10.2. The largest absolute Gasteiger partial charge is 0.380 e. The Kier molecular flexibility index (Phi) is 6.32. The van der Waals surface area contributed by atoms with Gasteiger partial charge in [0.25, 0.3) is 5.91 Å². The molecule has 0 bridgehead atoms. The van der Waals surface area contributed by atoms with Crippen molar-refractivity contribution in [3.63, 3.8) is 0 Å². The molecule has 0 radical (unpaired) electrons. The van der Waals surface area contributed by atoms with Crippen LogP contribution in [0.25, 0.3) is 0 Å². The number of benzene rings is 2. The topological polar surface area (TPSA) is 61.9 Å². The van der Waals surface area contributed by atoms with E-state index in [1.807, 2.05) is 24.3 Å². The number of rotatable bonds is 4. The summed E-state index contributed by atoms with van der Waals surface area (Å²) in [5.41, 5.74) is 2.34. The lowest BCUT2D eigenvalue weighted by molar-refractivity contribution is 0.0671. The quantitative estimate of drug-likeness (QED) is 0.873. The number of nitrogens with one attached hydrogen (secondary N) is 1. The highest BCUT2D eigenvalue weighted by Gasteiger charge is 2.25. The van der Waals surface area contributed by atoms with Crippen molar-refractivity contribution in [3.05, 3.63) is 64.7 Å². The lowest BCUT2D eigenvalue weighted by Gasteiger charge is -2.34. The molecule has 1 N–H and O–H groups in total. The van der Waals surface area contributed by atoms with E-state index in [0.29, 0.717) is 43.4 Å². The van der Waals surface area contributed by atoms with E-state index in [9.17, 15) is 9.59 Å². The number of hydrogen-bond acceptors (Lipinski definition) is 3. The van der Waals surface area contributed by atoms with Crippen LogP contribution in [0.4, 0.5) is 10.5 Å². The predicted molar refractivity (Wildman–Crippen MR) is 105 cm³/mol. The molecule has 1 saturated heterocycles. The Morgan fingerprint density at radius 3 is 2.33 bits per heavy atom. The van der Waals surface area contributed by atoms with Gasteiger partial charge in [-0.05, 0) is 35.9 Å². The van der Waals surface area contributed by atoms with Crippen LogP contribution in [-0.4, -0.2) is 55.0 Å². The zero-order valence-electron chi connectivity index (χ0n) is 15.2. The summed E-state index contributed by atoms with van der Waals surface area (Å²) in [4.78, 5) is 28.4. The van der Waals surface area contributed by atoms with Gasteiger partial charge in [-0.3, -0.25) is 4.79 Å². The van der Waals surface area contributed by atoms with Crippen molar-refractivity contribution in [3.8, 4) is 0 Å². The number of carbonyl (C=O) groups excluding carboxylic acids is 2. The molecule has 3 rings (SSSR count). The normalized spacial score (nSPS) is 14.1. The number of piperazine rings is 1. The number of anilines is 1. The van der Waals surface area contributed by atoms with Gasteiger partial charge in [0.05, 0.1) is 6.61 Å². The van der Waals surface area contributed by atoms with Crippen LogP contribution in [0, 0.1) is 0 Å². The maximum Gasteiger partial charge on any atom is 0.321 e. The van der Waals surface area contributed by atoms with E-state index in [-0.39, 0.29) is 11.9 Å². The second-order valence-electron chi connectivity index (χ2n) is 6.35. The molecule has 1 heterocycles. The molecule has 1 aliphatic heterocycles. The van der Waals surface area contributed by atoms with E-state index in [4.69, 9.17) is 16.3 Å². The van der Waals surface area contributed by atoms with Crippen LogP contribution >= 0.6 is 11.6 Å². The molecule has 0 spiro atoms. The molecule has 2 aromatic rings. The van der Waals surface area contributed by atoms with Crippen LogP contribution in [0.5, 0.6) is 0 Å². The molecule has 0 aromatic heterocycles. The minimum Gasteiger partial charge on any atom is -0.380 e. The SMILES string of the molecule is COCc1ccc(NC(=O)N2CCN(C(=O)c3cccc(Cl)c3)CC2)cc1. The average Bonchev–Trinajstić information content (AvgIpc) is 2.69. The van der Waals surface area contributed by atoms with Crippen molar-refractivity contribution < 1.29 is 14.3 Å². The molecule has 6 nitrogen and oxygen atoms in total. The van der Waals surface area contributed by atoms with Gasteiger partial charge in [-0.2, -0.15) is 0 Å². The Hall–Kier alpha value is -2.57. The summed E-state index contributed by atoms with van der Waals surface area (Å²) < 4.78 is 5.08. The maximum atomic E-state index is 12.5. The van der Waals surface area contributed by atoms with Crippen LogP contribution in [0.2, 0.25) is 5.02 Å². The molecule has 0 unspecified atom stereocenters. The molecule has 0 aliphatic carbocycles.